The van der Waals surface area contributed by atoms with Crippen molar-refractivity contribution in [2.75, 3.05) is 0 Å². The van der Waals surface area contributed by atoms with Crippen LogP contribution in [0.4, 0.5) is 26.3 Å². The first kappa shape index (κ1) is 23.1. The summed E-state index contributed by atoms with van der Waals surface area (Å²) in [5.41, 5.74) is -0.188. The molecule has 0 aliphatic heterocycles. The normalized spacial score (nSPS) is 13.5. The molecule has 8 heteroatoms. The van der Waals surface area contributed by atoms with E-state index in [1.807, 2.05) is 6.07 Å². The molecule has 0 N–H and O–H groups in total. The maximum absolute atomic E-state index is 12.8. The molecule has 3 rings (SSSR count). The fourth-order valence-electron chi connectivity index (χ4n) is 3.11. The van der Waals surface area contributed by atoms with Gasteiger partial charge in [-0.25, -0.2) is 0 Å². The van der Waals surface area contributed by atoms with Crippen LogP contribution in [0.5, 0.6) is 0 Å². The van der Waals surface area contributed by atoms with Gasteiger partial charge in [0.05, 0.1) is 17.2 Å². The number of aliphatic imine (C=N–C) groups is 1. The predicted molar refractivity (Wildman–Crippen MR) is 108 cm³/mol. The molecule has 0 spiro atoms. The second-order valence-corrected chi connectivity index (χ2v) is 6.99. The average Bonchev–Trinajstić information content (AvgIpc) is 2.76. The average molecular weight is 446 g/mol. The van der Waals surface area contributed by atoms with Crippen molar-refractivity contribution in [1.29, 1.82) is 5.26 Å². The lowest BCUT2D eigenvalue weighted by atomic mass is 9.98. The molecule has 32 heavy (non-hydrogen) atoms. The molecule has 3 aromatic rings. The topological polar surface area (TPSA) is 36.1 Å². The summed E-state index contributed by atoms with van der Waals surface area (Å²) in [5.74, 6) is 0. The van der Waals surface area contributed by atoms with E-state index in [2.05, 4.69) is 4.99 Å². The van der Waals surface area contributed by atoms with Crippen molar-refractivity contribution >= 4 is 5.71 Å². The Morgan fingerprint density at radius 1 is 0.750 bits per heavy atom. The summed E-state index contributed by atoms with van der Waals surface area (Å²) in [5, 5.41) is 9.57. The number of benzene rings is 3. The van der Waals surface area contributed by atoms with Crippen LogP contribution >= 0.6 is 0 Å². The van der Waals surface area contributed by atoms with Crippen LogP contribution in [0, 0.1) is 11.3 Å². The lowest BCUT2D eigenvalue weighted by Crippen LogP contribution is -2.09. The molecule has 0 heterocycles. The Labute approximate surface area is 180 Å². The molecular weight excluding hydrogens is 430 g/mol. The lowest BCUT2D eigenvalue weighted by Gasteiger charge is -2.15. The minimum Gasteiger partial charge on any atom is -0.265 e. The maximum atomic E-state index is 12.8. The van der Waals surface area contributed by atoms with Gasteiger partial charge in [-0.05, 0) is 41.8 Å². The highest BCUT2D eigenvalue weighted by Gasteiger charge is 2.31. The quantitative estimate of drug-likeness (QED) is 0.306. The van der Waals surface area contributed by atoms with E-state index in [4.69, 9.17) is 0 Å². The predicted octanol–water partition coefficient (Wildman–Crippen LogP) is 7.02. The Bertz CT molecular complexity index is 1110. The van der Waals surface area contributed by atoms with E-state index in [-0.39, 0.29) is 17.7 Å². The van der Waals surface area contributed by atoms with E-state index < -0.39 is 29.5 Å². The number of nitriles is 1. The van der Waals surface area contributed by atoms with Crippen LogP contribution in [0.3, 0.4) is 0 Å². The van der Waals surface area contributed by atoms with Gasteiger partial charge in [0.15, 0.2) is 0 Å². The van der Waals surface area contributed by atoms with Crippen molar-refractivity contribution in [2.45, 2.75) is 24.8 Å². The summed E-state index contributed by atoms with van der Waals surface area (Å²) >= 11 is 0. The van der Waals surface area contributed by atoms with Gasteiger partial charge in [0.2, 0.25) is 0 Å². The van der Waals surface area contributed by atoms with E-state index >= 15 is 0 Å². The van der Waals surface area contributed by atoms with E-state index in [0.717, 1.165) is 24.3 Å². The van der Waals surface area contributed by atoms with E-state index in [1.165, 1.54) is 24.3 Å². The first-order chi connectivity index (χ1) is 15.1. The Balaban J connectivity index is 1.95. The SMILES string of the molecule is N#C/C(=N\[C@H](Cc1ccc(C(F)(F)F)cc1)c1ccccc1)c1ccc(C(F)(F)F)cc1. The molecule has 2 nitrogen and oxygen atoms in total. The highest BCUT2D eigenvalue weighted by Crippen LogP contribution is 2.31. The molecule has 3 aromatic carbocycles. The molecule has 0 unspecified atom stereocenters. The number of hydrogen-bond donors (Lipinski definition) is 0. The molecular formula is C24H16F6N2. The Morgan fingerprint density at radius 3 is 1.72 bits per heavy atom. The van der Waals surface area contributed by atoms with Gasteiger partial charge in [-0.15, -0.1) is 0 Å². The van der Waals surface area contributed by atoms with Gasteiger partial charge in [0, 0.05) is 5.56 Å². The third kappa shape index (κ3) is 5.76. The highest BCUT2D eigenvalue weighted by atomic mass is 19.4. The van der Waals surface area contributed by atoms with E-state index in [9.17, 15) is 31.6 Å². The minimum absolute atomic E-state index is 0.0699. The van der Waals surface area contributed by atoms with Crippen LogP contribution < -0.4 is 0 Å². The number of hydrogen-bond acceptors (Lipinski definition) is 2. The van der Waals surface area contributed by atoms with Crippen LogP contribution in [-0.4, -0.2) is 5.71 Å². The second kappa shape index (κ2) is 9.27. The van der Waals surface area contributed by atoms with Gasteiger partial charge in [0.25, 0.3) is 0 Å². The van der Waals surface area contributed by atoms with Crippen molar-refractivity contribution in [3.8, 4) is 6.07 Å². The molecule has 0 aliphatic carbocycles. The smallest absolute Gasteiger partial charge is 0.265 e. The Kier molecular flexibility index (Phi) is 6.68. The van der Waals surface area contributed by atoms with Crippen LogP contribution in [0.25, 0.3) is 0 Å². The molecule has 164 valence electrons. The molecule has 0 saturated carbocycles. The fraction of sp³-hybridized carbons (Fsp3) is 0.167. The van der Waals surface area contributed by atoms with Gasteiger partial charge >= 0.3 is 12.4 Å². The summed E-state index contributed by atoms with van der Waals surface area (Å²) in [6.07, 6.45) is -8.75. The Hall–Kier alpha value is -3.60. The van der Waals surface area contributed by atoms with Crippen LogP contribution in [0.2, 0.25) is 0 Å². The lowest BCUT2D eigenvalue weighted by molar-refractivity contribution is -0.138. The molecule has 0 fully saturated rings. The monoisotopic (exact) mass is 446 g/mol. The maximum Gasteiger partial charge on any atom is 0.416 e. The van der Waals surface area contributed by atoms with E-state index in [1.54, 1.807) is 30.3 Å². The Morgan fingerprint density at radius 2 is 1.25 bits per heavy atom. The van der Waals surface area contributed by atoms with Crippen LogP contribution in [-0.2, 0) is 18.8 Å². The third-order valence-corrected chi connectivity index (χ3v) is 4.77. The van der Waals surface area contributed by atoms with Gasteiger partial charge < -0.3 is 0 Å². The summed E-state index contributed by atoms with van der Waals surface area (Å²) in [7, 11) is 0. The zero-order valence-corrected chi connectivity index (χ0v) is 16.5. The van der Waals surface area contributed by atoms with Crippen LogP contribution in [0.1, 0.15) is 33.9 Å². The summed E-state index contributed by atoms with van der Waals surface area (Å²) in [6, 6.07) is 18.8. The second-order valence-electron chi connectivity index (χ2n) is 6.99. The van der Waals surface area contributed by atoms with Crippen molar-refractivity contribution in [3.63, 3.8) is 0 Å². The molecule has 0 radical (unpaired) electrons. The summed E-state index contributed by atoms with van der Waals surface area (Å²) in [4.78, 5) is 4.45. The molecule has 0 aliphatic rings. The number of halogens is 6. The van der Waals surface area contributed by atoms with Gasteiger partial charge in [-0.1, -0.05) is 54.6 Å². The number of alkyl halides is 6. The van der Waals surface area contributed by atoms with Gasteiger partial charge in [-0.3, -0.25) is 4.99 Å². The molecule has 1 atom stereocenters. The fourth-order valence-corrected chi connectivity index (χ4v) is 3.11. The van der Waals surface area contributed by atoms with Crippen molar-refractivity contribution in [2.24, 2.45) is 4.99 Å². The largest absolute Gasteiger partial charge is 0.416 e. The van der Waals surface area contributed by atoms with Crippen molar-refractivity contribution in [1.82, 2.24) is 0 Å². The molecule has 0 saturated heterocycles. The zero-order chi connectivity index (χ0) is 23.4. The van der Waals surface area contributed by atoms with Crippen LogP contribution in [0.15, 0.2) is 83.9 Å². The first-order valence-electron chi connectivity index (χ1n) is 9.44. The highest BCUT2D eigenvalue weighted by molar-refractivity contribution is 6.11. The van der Waals surface area contributed by atoms with Crippen molar-refractivity contribution < 1.29 is 26.3 Å². The minimum atomic E-state index is -4.50. The summed E-state index contributed by atoms with van der Waals surface area (Å²) in [6.45, 7) is 0. The first-order valence-corrected chi connectivity index (χ1v) is 9.44. The summed E-state index contributed by atoms with van der Waals surface area (Å²) < 4.78 is 76.9. The number of rotatable bonds is 5. The van der Waals surface area contributed by atoms with Gasteiger partial charge in [0.1, 0.15) is 11.8 Å². The molecule has 0 bridgehead atoms. The van der Waals surface area contributed by atoms with E-state index in [0.29, 0.717) is 11.1 Å². The molecule has 0 amide bonds. The zero-order valence-electron chi connectivity index (χ0n) is 16.5. The van der Waals surface area contributed by atoms with Gasteiger partial charge in [-0.2, -0.15) is 31.6 Å². The standard InChI is InChI=1S/C24H16F6N2/c25-23(26,27)19-10-6-16(7-11-19)14-21(17-4-2-1-3-5-17)32-22(15-31)18-8-12-20(13-9-18)24(28,29)30/h1-13,21H,14H2/b32-22+/t21-/m1/s1. The molecule has 0 aromatic heterocycles. The number of nitrogens with zero attached hydrogens (tertiary/aromatic N) is 2. The third-order valence-electron chi connectivity index (χ3n) is 4.77. The van der Waals surface area contributed by atoms with Crippen molar-refractivity contribution in [3.05, 3.63) is 107 Å².